The van der Waals surface area contributed by atoms with Crippen molar-refractivity contribution in [2.24, 2.45) is 5.92 Å². The van der Waals surface area contributed by atoms with E-state index in [2.05, 4.69) is 43.6 Å². The molecule has 0 aromatic heterocycles. The molecule has 88 valence electrons. The molecule has 0 radical (unpaired) electrons. The quantitative estimate of drug-likeness (QED) is 0.771. The van der Waals surface area contributed by atoms with Crippen molar-refractivity contribution >= 4 is 0 Å². The average molecular weight is 217 g/mol. The van der Waals surface area contributed by atoms with Crippen LogP contribution < -0.4 is 5.32 Å². The maximum atomic E-state index is 3.45. The van der Waals surface area contributed by atoms with Crippen LogP contribution in [0.15, 0.2) is 24.3 Å². The second kappa shape index (κ2) is 5.49. The maximum Gasteiger partial charge on any atom is 0.0105 e. The highest BCUT2D eigenvalue weighted by atomic mass is 14.9. The summed E-state index contributed by atoms with van der Waals surface area (Å²) in [6, 6.07) is 9.54. The Labute approximate surface area is 99.3 Å². The van der Waals surface area contributed by atoms with E-state index in [-0.39, 0.29) is 0 Å². The standard InChI is InChI=1S/C15H23N/c1-12-4-3-5-14(10-12)11-15(16-2)9-8-13-6-7-13/h3-5,10,13,15-16H,6-9,11H2,1-2H3. The van der Waals surface area contributed by atoms with Gasteiger partial charge in [-0.2, -0.15) is 0 Å². The Hall–Kier alpha value is -0.820. The molecule has 0 aliphatic heterocycles. The van der Waals surface area contributed by atoms with Crippen molar-refractivity contribution in [2.75, 3.05) is 7.05 Å². The van der Waals surface area contributed by atoms with Gasteiger partial charge in [0.15, 0.2) is 0 Å². The lowest BCUT2D eigenvalue weighted by Crippen LogP contribution is -2.27. The van der Waals surface area contributed by atoms with Gasteiger partial charge in [0, 0.05) is 6.04 Å². The Balaban J connectivity index is 1.84. The predicted molar refractivity (Wildman–Crippen MR) is 69.7 cm³/mol. The zero-order valence-electron chi connectivity index (χ0n) is 10.5. The second-order valence-corrected chi connectivity index (χ2v) is 5.20. The number of likely N-dealkylation sites (N-methyl/N-ethyl adjacent to an activating group) is 1. The molecule has 1 heteroatoms. The summed E-state index contributed by atoms with van der Waals surface area (Å²) in [5.74, 6) is 1.05. The molecule has 1 unspecified atom stereocenters. The topological polar surface area (TPSA) is 12.0 Å². The fraction of sp³-hybridized carbons (Fsp3) is 0.600. The average Bonchev–Trinajstić information content (AvgIpc) is 3.08. The van der Waals surface area contributed by atoms with Crippen molar-refractivity contribution in [1.82, 2.24) is 5.32 Å². The summed E-state index contributed by atoms with van der Waals surface area (Å²) in [7, 11) is 2.09. The second-order valence-electron chi connectivity index (χ2n) is 5.20. The molecule has 0 heterocycles. The van der Waals surface area contributed by atoms with Crippen molar-refractivity contribution in [3.8, 4) is 0 Å². The molecule has 1 aliphatic carbocycles. The monoisotopic (exact) mass is 217 g/mol. The Morgan fingerprint density at radius 2 is 2.19 bits per heavy atom. The summed E-state index contributed by atoms with van der Waals surface area (Å²) < 4.78 is 0. The van der Waals surface area contributed by atoms with Crippen molar-refractivity contribution in [1.29, 1.82) is 0 Å². The third-order valence-electron chi connectivity index (χ3n) is 3.59. The molecule has 16 heavy (non-hydrogen) atoms. The van der Waals surface area contributed by atoms with E-state index in [9.17, 15) is 0 Å². The van der Waals surface area contributed by atoms with Gasteiger partial charge >= 0.3 is 0 Å². The Bertz CT molecular complexity index is 328. The van der Waals surface area contributed by atoms with E-state index >= 15 is 0 Å². The van der Waals surface area contributed by atoms with Crippen LogP contribution in [0.3, 0.4) is 0 Å². The van der Waals surface area contributed by atoms with E-state index in [0.29, 0.717) is 6.04 Å². The van der Waals surface area contributed by atoms with Crippen LogP contribution in [-0.4, -0.2) is 13.1 Å². The van der Waals surface area contributed by atoms with Crippen molar-refractivity contribution < 1.29 is 0 Å². The molecule has 1 atom stereocenters. The minimum absolute atomic E-state index is 0.655. The van der Waals surface area contributed by atoms with Gasteiger partial charge in [-0.3, -0.25) is 0 Å². The molecule has 1 aliphatic rings. The van der Waals surface area contributed by atoms with Crippen LogP contribution in [0.5, 0.6) is 0 Å². The van der Waals surface area contributed by atoms with E-state index in [1.54, 1.807) is 0 Å². The maximum absolute atomic E-state index is 3.45. The highest BCUT2D eigenvalue weighted by molar-refractivity contribution is 5.22. The predicted octanol–water partition coefficient (Wildman–Crippen LogP) is 3.32. The highest BCUT2D eigenvalue weighted by Gasteiger charge is 2.22. The van der Waals surface area contributed by atoms with Crippen LogP contribution in [-0.2, 0) is 6.42 Å². The van der Waals surface area contributed by atoms with Gasteiger partial charge in [-0.05, 0) is 44.7 Å². The number of hydrogen-bond acceptors (Lipinski definition) is 1. The first-order valence-corrected chi connectivity index (χ1v) is 6.50. The number of benzene rings is 1. The van der Waals surface area contributed by atoms with Gasteiger partial charge in [0.1, 0.15) is 0 Å². The first-order valence-electron chi connectivity index (χ1n) is 6.50. The van der Waals surface area contributed by atoms with Crippen molar-refractivity contribution in [2.45, 2.75) is 45.1 Å². The first-order chi connectivity index (χ1) is 7.78. The van der Waals surface area contributed by atoms with Gasteiger partial charge in [0.05, 0.1) is 0 Å². The molecule has 1 fully saturated rings. The summed E-state index contributed by atoms with van der Waals surface area (Å²) in [6.45, 7) is 2.17. The van der Waals surface area contributed by atoms with Crippen LogP contribution in [0.1, 0.15) is 36.8 Å². The fourth-order valence-corrected chi connectivity index (χ4v) is 2.32. The molecule has 0 bridgehead atoms. The van der Waals surface area contributed by atoms with Gasteiger partial charge in [-0.15, -0.1) is 0 Å². The Morgan fingerprint density at radius 1 is 1.38 bits per heavy atom. The smallest absolute Gasteiger partial charge is 0.0105 e. The molecule has 0 amide bonds. The summed E-state index contributed by atoms with van der Waals surface area (Å²) in [6.07, 6.45) is 6.86. The summed E-state index contributed by atoms with van der Waals surface area (Å²) >= 11 is 0. The van der Waals surface area contributed by atoms with Crippen LogP contribution in [0.2, 0.25) is 0 Å². The van der Waals surface area contributed by atoms with Gasteiger partial charge < -0.3 is 5.32 Å². The number of rotatable bonds is 6. The highest BCUT2D eigenvalue weighted by Crippen LogP contribution is 2.34. The molecule has 1 nitrogen and oxygen atoms in total. The molecule has 1 aromatic carbocycles. The van der Waals surface area contributed by atoms with Gasteiger partial charge in [0.25, 0.3) is 0 Å². The number of nitrogens with one attached hydrogen (secondary N) is 1. The van der Waals surface area contributed by atoms with Crippen LogP contribution in [0.25, 0.3) is 0 Å². The third-order valence-corrected chi connectivity index (χ3v) is 3.59. The van der Waals surface area contributed by atoms with E-state index in [4.69, 9.17) is 0 Å². The summed E-state index contributed by atoms with van der Waals surface area (Å²) in [4.78, 5) is 0. The van der Waals surface area contributed by atoms with Gasteiger partial charge in [0.2, 0.25) is 0 Å². The number of hydrogen-bond donors (Lipinski definition) is 1. The minimum Gasteiger partial charge on any atom is -0.317 e. The summed E-state index contributed by atoms with van der Waals surface area (Å²) in [5, 5.41) is 3.45. The van der Waals surface area contributed by atoms with Crippen LogP contribution in [0, 0.1) is 12.8 Å². The zero-order valence-corrected chi connectivity index (χ0v) is 10.5. The Kier molecular flexibility index (Phi) is 4.00. The zero-order chi connectivity index (χ0) is 11.4. The van der Waals surface area contributed by atoms with Crippen molar-refractivity contribution in [3.05, 3.63) is 35.4 Å². The fourth-order valence-electron chi connectivity index (χ4n) is 2.32. The molecule has 1 N–H and O–H groups in total. The molecular formula is C15H23N. The SMILES string of the molecule is CNC(CCC1CC1)Cc1cccc(C)c1. The van der Waals surface area contributed by atoms with Crippen molar-refractivity contribution in [3.63, 3.8) is 0 Å². The molecule has 0 spiro atoms. The summed E-state index contributed by atoms with van der Waals surface area (Å²) in [5.41, 5.74) is 2.84. The third kappa shape index (κ3) is 3.64. The van der Waals surface area contributed by atoms with Crippen LogP contribution >= 0.6 is 0 Å². The normalized spacial score (nSPS) is 17.4. The first kappa shape index (κ1) is 11.7. The molecule has 0 saturated heterocycles. The Morgan fingerprint density at radius 3 is 2.81 bits per heavy atom. The van der Waals surface area contributed by atoms with Crippen LogP contribution in [0.4, 0.5) is 0 Å². The van der Waals surface area contributed by atoms with Gasteiger partial charge in [-0.25, -0.2) is 0 Å². The lowest BCUT2D eigenvalue weighted by molar-refractivity contribution is 0.485. The molecule has 2 rings (SSSR count). The van der Waals surface area contributed by atoms with Gasteiger partial charge in [-0.1, -0.05) is 42.7 Å². The van der Waals surface area contributed by atoms with E-state index in [0.717, 1.165) is 5.92 Å². The van der Waals surface area contributed by atoms with E-state index < -0.39 is 0 Å². The minimum atomic E-state index is 0.655. The largest absolute Gasteiger partial charge is 0.317 e. The van der Waals surface area contributed by atoms with E-state index in [1.807, 2.05) is 0 Å². The lowest BCUT2D eigenvalue weighted by Gasteiger charge is -2.16. The molecule has 1 saturated carbocycles. The molecular weight excluding hydrogens is 194 g/mol. The molecule has 1 aromatic rings. The van der Waals surface area contributed by atoms with E-state index in [1.165, 1.54) is 43.2 Å². The number of aryl methyl sites for hydroxylation is 1. The lowest BCUT2D eigenvalue weighted by atomic mass is 9.99.